The minimum Gasteiger partial charge on any atom is -0.444 e. The third-order valence-corrected chi connectivity index (χ3v) is 8.70. The molecule has 0 N–H and O–H groups in total. The van der Waals surface area contributed by atoms with Gasteiger partial charge in [-0.15, -0.1) is 0 Å². The summed E-state index contributed by atoms with van der Waals surface area (Å²) in [6.45, 7) is 12.5. The van der Waals surface area contributed by atoms with Gasteiger partial charge in [-0.05, 0) is 63.1 Å². The highest BCUT2D eigenvalue weighted by atomic mass is 16.6. The summed E-state index contributed by atoms with van der Waals surface area (Å²) in [4.78, 5) is 17.3. The number of hydrogen-bond acceptors (Lipinski definition) is 6. The molecule has 0 aromatic heterocycles. The number of likely N-dealkylation sites (tertiary alicyclic amines) is 2. The number of piperidine rings is 2. The predicted molar refractivity (Wildman–Crippen MR) is 177 cm³/mol. The molecule has 0 saturated carbocycles. The molecule has 45 heavy (non-hydrogen) atoms. The first-order valence-corrected chi connectivity index (χ1v) is 16.4. The number of hydrogen-bond donors (Lipinski definition) is 0. The summed E-state index contributed by atoms with van der Waals surface area (Å²) in [6.07, 6.45) is 1.15. The number of benzene rings is 3. The quantitative estimate of drug-likeness (QED) is 0.230. The van der Waals surface area contributed by atoms with Crippen LogP contribution in [0.25, 0.3) is 0 Å². The second-order valence-electron chi connectivity index (χ2n) is 13.5. The molecule has 3 aromatic rings. The molecule has 7 nitrogen and oxygen atoms in total. The summed E-state index contributed by atoms with van der Waals surface area (Å²) in [7, 11) is 0. The van der Waals surface area contributed by atoms with Crippen molar-refractivity contribution in [3.8, 4) is 0 Å². The van der Waals surface area contributed by atoms with Gasteiger partial charge in [0, 0.05) is 32.2 Å². The maximum Gasteiger partial charge on any atom is 0.410 e. The lowest BCUT2D eigenvalue weighted by Gasteiger charge is -2.49. The minimum absolute atomic E-state index is 0.0861. The van der Waals surface area contributed by atoms with E-state index < -0.39 is 5.60 Å². The van der Waals surface area contributed by atoms with Gasteiger partial charge in [-0.2, -0.15) is 0 Å². The Morgan fingerprint density at radius 1 is 0.733 bits per heavy atom. The van der Waals surface area contributed by atoms with Gasteiger partial charge in [-0.25, -0.2) is 4.79 Å². The van der Waals surface area contributed by atoms with Crippen molar-refractivity contribution in [2.75, 3.05) is 26.2 Å². The number of amides is 1. The Morgan fingerprint density at radius 3 is 1.78 bits per heavy atom. The molecule has 2 saturated heterocycles. The molecule has 0 aliphatic carbocycles. The highest BCUT2D eigenvalue weighted by Gasteiger charge is 2.45. The minimum atomic E-state index is -0.507. The number of carbonyl (C=O) groups is 1. The molecule has 1 amide bonds. The highest BCUT2D eigenvalue weighted by Crippen LogP contribution is 2.30. The highest BCUT2D eigenvalue weighted by molar-refractivity contribution is 5.68. The zero-order valence-corrected chi connectivity index (χ0v) is 27.3. The SMILES string of the molecule is C[C@@H]1[C@@H](OCc2ccccc2)[C@H](OCc2ccccc2)[C@@H](OCc2ccccc2)CN1C[C@@H]1CCCN(C(=O)OC(C)(C)C)C1. The maximum absolute atomic E-state index is 12.9. The normalized spacial score (nSPS) is 24.4. The Bertz CT molecular complexity index is 1300. The van der Waals surface area contributed by atoms with Crippen LogP contribution in [0.2, 0.25) is 0 Å². The number of carbonyl (C=O) groups excluding carboxylic acids is 1. The molecule has 5 rings (SSSR count). The van der Waals surface area contributed by atoms with Crippen molar-refractivity contribution in [3.63, 3.8) is 0 Å². The largest absolute Gasteiger partial charge is 0.444 e. The number of ether oxygens (including phenoxy) is 4. The lowest BCUT2D eigenvalue weighted by molar-refractivity contribution is -0.202. The molecular weight excluding hydrogens is 564 g/mol. The third kappa shape index (κ3) is 9.88. The Morgan fingerprint density at radius 2 is 1.24 bits per heavy atom. The van der Waals surface area contributed by atoms with E-state index in [0.717, 1.165) is 49.2 Å². The Kier molecular flexibility index (Phi) is 11.7. The second-order valence-corrected chi connectivity index (χ2v) is 13.5. The topological polar surface area (TPSA) is 60.5 Å². The van der Waals surface area contributed by atoms with Crippen LogP contribution in [0.3, 0.4) is 0 Å². The molecule has 2 heterocycles. The first-order valence-electron chi connectivity index (χ1n) is 16.4. The van der Waals surface area contributed by atoms with E-state index in [-0.39, 0.29) is 30.4 Å². The van der Waals surface area contributed by atoms with Gasteiger partial charge in [-0.3, -0.25) is 4.90 Å². The standard InChI is InChI=1S/C38H50N2O5/c1-29-35(43-27-31-17-10-6-11-18-31)36(44-28-32-19-12-7-13-20-32)34(42-26-30-15-8-5-9-16-30)25-40(29)24-33-21-14-22-39(23-33)37(41)45-38(2,3)4/h5-13,15-20,29,33-36H,14,21-28H2,1-4H3/t29-,33-,34+,35-,36-/m1/s1. The lowest BCUT2D eigenvalue weighted by Crippen LogP contribution is -2.63. The van der Waals surface area contributed by atoms with Crippen molar-refractivity contribution in [1.82, 2.24) is 9.80 Å². The molecule has 5 atom stereocenters. The Hall–Kier alpha value is -3.23. The molecule has 0 radical (unpaired) electrons. The van der Waals surface area contributed by atoms with Crippen LogP contribution >= 0.6 is 0 Å². The van der Waals surface area contributed by atoms with Crippen LogP contribution in [0.5, 0.6) is 0 Å². The van der Waals surface area contributed by atoms with Crippen LogP contribution < -0.4 is 0 Å². The van der Waals surface area contributed by atoms with Crippen molar-refractivity contribution in [2.24, 2.45) is 5.92 Å². The first-order chi connectivity index (χ1) is 21.7. The van der Waals surface area contributed by atoms with Crippen molar-refractivity contribution >= 4 is 6.09 Å². The monoisotopic (exact) mass is 614 g/mol. The molecule has 0 unspecified atom stereocenters. The first kappa shape index (κ1) is 33.1. The Labute approximate surface area is 269 Å². The molecule has 2 aliphatic heterocycles. The van der Waals surface area contributed by atoms with Crippen LogP contribution in [0.1, 0.15) is 57.2 Å². The summed E-state index contributed by atoms with van der Waals surface area (Å²) in [5.41, 5.74) is 2.88. The van der Waals surface area contributed by atoms with E-state index in [1.807, 2.05) is 80.3 Å². The van der Waals surface area contributed by atoms with Crippen LogP contribution in [0, 0.1) is 5.92 Å². The summed E-state index contributed by atoms with van der Waals surface area (Å²) in [5, 5.41) is 0. The fraction of sp³-hybridized carbons (Fsp3) is 0.500. The molecule has 2 fully saturated rings. The molecule has 0 spiro atoms. The van der Waals surface area contributed by atoms with Crippen LogP contribution in [0.15, 0.2) is 91.0 Å². The van der Waals surface area contributed by atoms with E-state index >= 15 is 0 Å². The van der Waals surface area contributed by atoms with Crippen LogP contribution in [-0.4, -0.2) is 72.0 Å². The third-order valence-electron chi connectivity index (χ3n) is 8.70. The van der Waals surface area contributed by atoms with E-state index in [4.69, 9.17) is 18.9 Å². The van der Waals surface area contributed by atoms with Gasteiger partial charge in [0.15, 0.2) is 0 Å². The van der Waals surface area contributed by atoms with Gasteiger partial charge in [0.1, 0.15) is 17.8 Å². The summed E-state index contributed by atoms with van der Waals surface area (Å²) in [6, 6.07) is 31.0. The van der Waals surface area contributed by atoms with Crippen LogP contribution in [0.4, 0.5) is 4.79 Å². The molecular formula is C38H50N2O5. The summed E-state index contributed by atoms with van der Waals surface area (Å²) >= 11 is 0. The fourth-order valence-corrected chi connectivity index (χ4v) is 6.37. The van der Waals surface area contributed by atoms with Gasteiger partial charge in [0.25, 0.3) is 0 Å². The number of rotatable bonds is 11. The van der Waals surface area contributed by atoms with E-state index in [2.05, 4.69) is 48.2 Å². The van der Waals surface area contributed by atoms with Crippen molar-refractivity contribution in [3.05, 3.63) is 108 Å². The molecule has 2 aliphatic rings. The van der Waals surface area contributed by atoms with Crippen molar-refractivity contribution in [1.29, 1.82) is 0 Å². The summed E-state index contributed by atoms with van der Waals surface area (Å²) < 4.78 is 25.9. The predicted octanol–water partition coefficient (Wildman–Crippen LogP) is 7.09. The van der Waals surface area contributed by atoms with E-state index in [1.165, 1.54) is 0 Å². The van der Waals surface area contributed by atoms with Gasteiger partial charge < -0.3 is 23.8 Å². The zero-order valence-electron chi connectivity index (χ0n) is 27.3. The maximum atomic E-state index is 12.9. The molecule has 7 heteroatoms. The van der Waals surface area contributed by atoms with Crippen molar-refractivity contribution in [2.45, 2.75) is 90.3 Å². The molecule has 242 valence electrons. The lowest BCUT2D eigenvalue weighted by atomic mass is 9.90. The van der Waals surface area contributed by atoms with Gasteiger partial charge in [-0.1, -0.05) is 91.0 Å². The van der Waals surface area contributed by atoms with Gasteiger partial charge >= 0.3 is 6.09 Å². The molecule has 3 aromatic carbocycles. The van der Waals surface area contributed by atoms with Crippen LogP contribution in [-0.2, 0) is 38.8 Å². The number of nitrogens with zero attached hydrogens (tertiary/aromatic N) is 2. The molecule has 0 bridgehead atoms. The average molecular weight is 615 g/mol. The van der Waals surface area contributed by atoms with Gasteiger partial charge in [0.2, 0.25) is 0 Å². The Balaban J connectivity index is 1.35. The fourth-order valence-electron chi connectivity index (χ4n) is 6.37. The van der Waals surface area contributed by atoms with Gasteiger partial charge in [0.05, 0.1) is 25.9 Å². The van der Waals surface area contributed by atoms with E-state index in [1.54, 1.807) is 0 Å². The zero-order chi connectivity index (χ0) is 31.6. The van der Waals surface area contributed by atoms with Crippen molar-refractivity contribution < 1.29 is 23.7 Å². The van der Waals surface area contributed by atoms with E-state index in [0.29, 0.717) is 32.3 Å². The average Bonchev–Trinajstić information content (AvgIpc) is 3.04. The van der Waals surface area contributed by atoms with E-state index in [9.17, 15) is 4.79 Å². The summed E-state index contributed by atoms with van der Waals surface area (Å²) in [5.74, 6) is 0.333. The smallest absolute Gasteiger partial charge is 0.410 e. The second kappa shape index (κ2) is 15.9.